The van der Waals surface area contributed by atoms with E-state index in [-0.39, 0.29) is 11.7 Å². The van der Waals surface area contributed by atoms with Crippen molar-refractivity contribution >= 4 is 11.7 Å². The van der Waals surface area contributed by atoms with E-state index in [9.17, 15) is 9.59 Å². The van der Waals surface area contributed by atoms with E-state index < -0.39 is 0 Å². The molecule has 5 heteroatoms. The second-order valence-corrected chi connectivity index (χ2v) is 6.54. The maximum absolute atomic E-state index is 12.6. The lowest BCUT2D eigenvalue weighted by Gasteiger charge is -2.14. The molecule has 1 atom stereocenters. The summed E-state index contributed by atoms with van der Waals surface area (Å²) in [7, 11) is 3.64. The first-order valence-corrected chi connectivity index (χ1v) is 8.69. The predicted molar refractivity (Wildman–Crippen MR) is 99.2 cm³/mol. The summed E-state index contributed by atoms with van der Waals surface area (Å²) in [4.78, 5) is 25.3. The number of hydrogen-bond donors (Lipinski definition) is 2. The average molecular weight is 342 g/mol. The first-order chi connectivity index (χ1) is 11.9. The Balaban J connectivity index is 2.01. The number of nitrogens with one attached hydrogen (secondary N) is 2. The highest BCUT2D eigenvalue weighted by atomic mass is 16.1. The molecule has 1 aromatic carbocycles. The molecule has 0 radical (unpaired) electrons. The van der Waals surface area contributed by atoms with Crippen molar-refractivity contribution < 1.29 is 14.5 Å². The fourth-order valence-corrected chi connectivity index (χ4v) is 3.27. The Bertz CT molecular complexity index is 760. The van der Waals surface area contributed by atoms with E-state index in [0.29, 0.717) is 12.1 Å². The molecule has 25 heavy (non-hydrogen) atoms. The van der Waals surface area contributed by atoms with Crippen LogP contribution in [0.4, 0.5) is 0 Å². The van der Waals surface area contributed by atoms with Gasteiger partial charge in [-0.1, -0.05) is 12.1 Å². The first kappa shape index (κ1) is 18.9. The van der Waals surface area contributed by atoms with Gasteiger partial charge in [0.1, 0.15) is 13.1 Å². The van der Waals surface area contributed by atoms with Crippen molar-refractivity contribution in [3.05, 3.63) is 58.4 Å². The predicted octanol–water partition coefficient (Wildman–Crippen LogP) is 1.38. The third-order valence-corrected chi connectivity index (χ3v) is 4.60. The van der Waals surface area contributed by atoms with Gasteiger partial charge < -0.3 is 14.8 Å². The number of likely N-dealkylation sites (N-methyl/N-ethyl adjacent to an activating group) is 1. The summed E-state index contributed by atoms with van der Waals surface area (Å²) >= 11 is 0. The largest absolute Gasteiger partial charge is 0.355 e. The average Bonchev–Trinajstić information content (AvgIpc) is 2.88. The lowest BCUT2D eigenvalue weighted by atomic mass is 10.1. The molecule has 0 saturated carbocycles. The highest BCUT2D eigenvalue weighted by Crippen LogP contribution is 2.15. The van der Waals surface area contributed by atoms with Gasteiger partial charge in [0.05, 0.1) is 7.05 Å². The fraction of sp³-hybridized carbons (Fsp3) is 0.400. The summed E-state index contributed by atoms with van der Waals surface area (Å²) in [5, 5.41) is 2.61. The van der Waals surface area contributed by atoms with Gasteiger partial charge in [0.25, 0.3) is 5.91 Å². The van der Waals surface area contributed by atoms with Crippen molar-refractivity contribution in [1.29, 1.82) is 0 Å². The van der Waals surface area contributed by atoms with Gasteiger partial charge in [-0.2, -0.15) is 0 Å². The van der Waals surface area contributed by atoms with Gasteiger partial charge in [0.2, 0.25) is 5.78 Å². The summed E-state index contributed by atoms with van der Waals surface area (Å²) < 4.78 is 2.17. The molecule has 5 nitrogen and oxygen atoms in total. The second kappa shape index (κ2) is 8.12. The Kier molecular flexibility index (Phi) is 6.15. The van der Waals surface area contributed by atoms with Crippen LogP contribution in [0.3, 0.4) is 0 Å². The standard InChI is InChI=1S/C20H27N3O2/c1-6-23-14(2)11-18(15(23)3)19(24)13-22(5)12-16-7-9-17(10-8-16)20(25)21-4/h7-11H,6,12-13H2,1-5H3,(H,21,25)/p+1. The quantitative estimate of drug-likeness (QED) is 0.747. The van der Waals surface area contributed by atoms with E-state index in [0.717, 1.165) is 40.5 Å². The highest BCUT2D eigenvalue weighted by molar-refractivity contribution is 5.98. The summed E-state index contributed by atoms with van der Waals surface area (Å²) in [5.74, 6) is 0.0843. The monoisotopic (exact) mass is 342 g/mol. The van der Waals surface area contributed by atoms with E-state index in [2.05, 4.69) is 16.8 Å². The topological polar surface area (TPSA) is 55.5 Å². The van der Waals surface area contributed by atoms with Crippen LogP contribution in [0.25, 0.3) is 0 Å². The zero-order chi connectivity index (χ0) is 18.6. The number of amides is 1. The number of benzene rings is 1. The fourth-order valence-electron chi connectivity index (χ4n) is 3.27. The zero-order valence-corrected chi connectivity index (χ0v) is 15.8. The van der Waals surface area contributed by atoms with Crippen LogP contribution >= 0.6 is 0 Å². The first-order valence-electron chi connectivity index (χ1n) is 8.69. The van der Waals surface area contributed by atoms with Crippen LogP contribution in [0, 0.1) is 13.8 Å². The molecule has 1 aromatic heterocycles. The van der Waals surface area contributed by atoms with Crippen molar-refractivity contribution in [2.24, 2.45) is 0 Å². The molecule has 0 fully saturated rings. The number of carbonyl (C=O) groups excluding carboxylic acids is 2. The van der Waals surface area contributed by atoms with E-state index >= 15 is 0 Å². The molecule has 0 aliphatic rings. The van der Waals surface area contributed by atoms with Crippen molar-refractivity contribution in [3.8, 4) is 0 Å². The number of aromatic nitrogens is 1. The number of aryl methyl sites for hydroxylation is 1. The summed E-state index contributed by atoms with van der Waals surface area (Å²) in [5.41, 5.74) is 4.76. The van der Waals surface area contributed by atoms with Gasteiger partial charge in [0, 0.05) is 41.7 Å². The van der Waals surface area contributed by atoms with Crippen LogP contribution in [-0.4, -0.2) is 36.9 Å². The molecule has 2 N–H and O–H groups in total. The molecule has 2 rings (SSSR count). The molecule has 1 amide bonds. The molecule has 0 aliphatic heterocycles. The third kappa shape index (κ3) is 4.37. The van der Waals surface area contributed by atoms with Gasteiger partial charge in [-0.3, -0.25) is 9.59 Å². The minimum atomic E-state index is -0.0892. The lowest BCUT2D eigenvalue weighted by Crippen LogP contribution is -3.08. The second-order valence-electron chi connectivity index (χ2n) is 6.54. The molecular weight excluding hydrogens is 314 g/mol. The Morgan fingerprint density at radius 3 is 2.32 bits per heavy atom. The number of Topliss-reactive ketones (excluding diaryl/α,β-unsaturated/α-hetero) is 1. The van der Waals surface area contributed by atoms with E-state index in [1.165, 1.54) is 0 Å². The number of ketones is 1. The summed E-state index contributed by atoms with van der Waals surface area (Å²) in [6.07, 6.45) is 0. The van der Waals surface area contributed by atoms with Crippen LogP contribution < -0.4 is 10.2 Å². The molecule has 1 heterocycles. The molecule has 0 saturated heterocycles. The van der Waals surface area contributed by atoms with Crippen LogP contribution in [-0.2, 0) is 13.1 Å². The Labute approximate surface area is 149 Å². The molecule has 0 bridgehead atoms. The highest BCUT2D eigenvalue weighted by Gasteiger charge is 2.18. The van der Waals surface area contributed by atoms with Gasteiger partial charge >= 0.3 is 0 Å². The van der Waals surface area contributed by atoms with Crippen LogP contribution in [0.2, 0.25) is 0 Å². The Morgan fingerprint density at radius 2 is 1.80 bits per heavy atom. The maximum atomic E-state index is 12.6. The minimum Gasteiger partial charge on any atom is -0.355 e. The number of nitrogens with zero attached hydrogens (tertiary/aromatic N) is 1. The zero-order valence-electron chi connectivity index (χ0n) is 15.8. The molecule has 134 valence electrons. The van der Waals surface area contributed by atoms with E-state index in [4.69, 9.17) is 0 Å². The Hall–Kier alpha value is -2.40. The van der Waals surface area contributed by atoms with Crippen LogP contribution in [0.5, 0.6) is 0 Å². The number of quaternary nitrogens is 1. The van der Waals surface area contributed by atoms with Gasteiger partial charge in [-0.15, -0.1) is 0 Å². The molecular formula is C20H28N3O2+. The molecule has 0 aliphatic carbocycles. The maximum Gasteiger partial charge on any atom is 0.251 e. The van der Waals surface area contributed by atoms with Crippen molar-refractivity contribution in [3.63, 3.8) is 0 Å². The summed E-state index contributed by atoms with van der Waals surface area (Å²) in [6, 6.07) is 9.52. The van der Waals surface area contributed by atoms with Gasteiger partial charge in [0.15, 0.2) is 0 Å². The number of carbonyl (C=O) groups is 2. The molecule has 1 unspecified atom stereocenters. The van der Waals surface area contributed by atoms with E-state index in [1.807, 2.05) is 51.2 Å². The van der Waals surface area contributed by atoms with E-state index in [1.54, 1.807) is 7.05 Å². The minimum absolute atomic E-state index is 0.0892. The van der Waals surface area contributed by atoms with Crippen molar-refractivity contribution in [1.82, 2.24) is 9.88 Å². The summed E-state index contributed by atoms with van der Waals surface area (Å²) in [6.45, 7) is 8.21. The third-order valence-electron chi connectivity index (χ3n) is 4.60. The lowest BCUT2D eigenvalue weighted by molar-refractivity contribution is -0.884. The Morgan fingerprint density at radius 1 is 1.16 bits per heavy atom. The van der Waals surface area contributed by atoms with Crippen LogP contribution in [0.15, 0.2) is 30.3 Å². The van der Waals surface area contributed by atoms with Crippen LogP contribution in [0.1, 0.15) is 44.6 Å². The normalized spacial score (nSPS) is 12.0. The van der Waals surface area contributed by atoms with Gasteiger partial charge in [-0.05, 0) is 39.0 Å². The number of rotatable bonds is 7. The SMILES string of the molecule is CCn1c(C)cc(C(=O)C[NH+](C)Cc2ccc(C(=O)NC)cc2)c1C. The molecule has 2 aromatic rings. The van der Waals surface area contributed by atoms with Gasteiger partial charge in [-0.25, -0.2) is 0 Å². The van der Waals surface area contributed by atoms with Crippen molar-refractivity contribution in [2.45, 2.75) is 33.9 Å². The number of hydrogen-bond acceptors (Lipinski definition) is 2. The van der Waals surface area contributed by atoms with Crippen molar-refractivity contribution in [2.75, 3.05) is 20.6 Å². The molecule has 0 spiro atoms. The smallest absolute Gasteiger partial charge is 0.251 e.